The number of alkyl halides is 1. The molecule has 0 aliphatic rings. The first kappa shape index (κ1) is 14.6. The first-order valence-electron chi connectivity index (χ1n) is 5.18. The zero-order chi connectivity index (χ0) is 13.1. The van der Waals surface area contributed by atoms with Crippen LogP contribution in [0.2, 0.25) is 0 Å². The quantitative estimate of drug-likeness (QED) is 0.846. The van der Waals surface area contributed by atoms with Crippen LogP contribution < -0.4 is 4.72 Å². The zero-order valence-corrected chi connectivity index (χ0v) is 12.1. The number of nitrogens with one attached hydrogen (secondary N) is 1. The molecule has 0 amide bonds. The van der Waals surface area contributed by atoms with Gasteiger partial charge in [-0.2, -0.15) is 0 Å². The minimum absolute atomic E-state index is 0.126. The van der Waals surface area contributed by atoms with E-state index in [1.807, 2.05) is 6.92 Å². The van der Waals surface area contributed by atoms with Crippen LogP contribution in [-0.2, 0) is 10.0 Å². The van der Waals surface area contributed by atoms with Gasteiger partial charge >= 0.3 is 0 Å². The summed E-state index contributed by atoms with van der Waals surface area (Å²) in [4.78, 5) is 0.126. The molecule has 0 saturated carbocycles. The summed E-state index contributed by atoms with van der Waals surface area (Å²) in [5.41, 5.74) is 0.406. The topological polar surface area (TPSA) is 46.2 Å². The van der Waals surface area contributed by atoms with E-state index in [9.17, 15) is 12.8 Å². The minimum atomic E-state index is -3.55. The number of hydrogen-bond donors (Lipinski definition) is 1. The third-order valence-corrected chi connectivity index (χ3v) is 5.00. The van der Waals surface area contributed by atoms with Crippen LogP contribution in [0, 0.1) is 18.7 Å². The Hall–Kier alpha value is -0.460. The lowest BCUT2D eigenvalue weighted by atomic mass is 10.2. The molecule has 1 aromatic carbocycles. The fourth-order valence-corrected chi connectivity index (χ4v) is 2.92. The molecular formula is C11H15BrFNO2S. The number of aryl methyl sites for hydroxylation is 1. The van der Waals surface area contributed by atoms with Gasteiger partial charge in [0.15, 0.2) is 0 Å². The maximum atomic E-state index is 12.9. The van der Waals surface area contributed by atoms with Crippen molar-refractivity contribution in [2.75, 3.05) is 11.9 Å². The summed E-state index contributed by atoms with van der Waals surface area (Å²) in [6.45, 7) is 3.85. The second kappa shape index (κ2) is 5.93. The average molecular weight is 324 g/mol. The Bertz CT molecular complexity index is 490. The van der Waals surface area contributed by atoms with E-state index in [1.54, 1.807) is 6.92 Å². The number of hydrogen-bond acceptors (Lipinski definition) is 2. The Morgan fingerprint density at radius 3 is 2.65 bits per heavy atom. The van der Waals surface area contributed by atoms with Gasteiger partial charge < -0.3 is 0 Å². The molecule has 17 heavy (non-hydrogen) atoms. The van der Waals surface area contributed by atoms with E-state index in [0.29, 0.717) is 12.1 Å². The molecule has 6 heteroatoms. The molecule has 0 aliphatic carbocycles. The molecule has 1 atom stereocenters. The second-order valence-corrected chi connectivity index (χ2v) is 6.40. The van der Waals surface area contributed by atoms with Gasteiger partial charge in [-0.25, -0.2) is 17.5 Å². The summed E-state index contributed by atoms with van der Waals surface area (Å²) in [6.07, 6.45) is 0. The van der Waals surface area contributed by atoms with E-state index in [2.05, 4.69) is 20.7 Å². The lowest BCUT2D eigenvalue weighted by molar-refractivity contribution is 0.562. The number of benzene rings is 1. The monoisotopic (exact) mass is 323 g/mol. The van der Waals surface area contributed by atoms with Gasteiger partial charge in [-0.15, -0.1) is 0 Å². The number of rotatable bonds is 5. The van der Waals surface area contributed by atoms with E-state index in [1.165, 1.54) is 12.1 Å². The summed E-state index contributed by atoms with van der Waals surface area (Å²) in [5.74, 6) is -0.235. The molecular weight excluding hydrogens is 309 g/mol. The lowest BCUT2D eigenvalue weighted by Gasteiger charge is -2.12. The Morgan fingerprint density at radius 2 is 2.12 bits per heavy atom. The maximum absolute atomic E-state index is 12.9. The molecule has 0 heterocycles. The van der Waals surface area contributed by atoms with Gasteiger partial charge in [-0.1, -0.05) is 22.9 Å². The van der Waals surface area contributed by atoms with Crippen LogP contribution in [0.1, 0.15) is 12.5 Å². The molecule has 1 unspecified atom stereocenters. The van der Waals surface area contributed by atoms with E-state index < -0.39 is 15.8 Å². The minimum Gasteiger partial charge on any atom is -0.211 e. The fourth-order valence-electron chi connectivity index (χ4n) is 1.30. The molecule has 0 spiro atoms. The van der Waals surface area contributed by atoms with Gasteiger partial charge in [0.05, 0.1) is 4.90 Å². The van der Waals surface area contributed by atoms with Crippen LogP contribution in [-0.4, -0.2) is 20.3 Å². The Labute approximate surface area is 110 Å². The summed E-state index contributed by atoms with van der Waals surface area (Å²) >= 11 is 3.28. The molecule has 96 valence electrons. The third-order valence-electron chi connectivity index (χ3n) is 2.31. The van der Waals surface area contributed by atoms with Crippen molar-refractivity contribution in [3.8, 4) is 0 Å². The van der Waals surface area contributed by atoms with Crippen molar-refractivity contribution in [1.29, 1.82) is 0 Å². The van der Waals surface area contributed by atoms with Gasteiger partial charge in [-0.3, -0.25) is 0 Å². The van der Waals surface area contributed by atoms with Gasteiger partial charge in [0.25, 0.3) is 0 Å². The summed E-state index contributed by atoms with van der Waals surface area (Å²) in [6, 6.07) is 3.64. The number of halogens is 2. The molecule has 0 bridgehead atoms. The molecule has 1 aromatic rings. The van der Waals surface area contributed by atoms with Crippen LogP contribution >= 0.6 is 15.9 Å². The first-order valence-corrected chi connectivity index (χ1v) is 7.79. The highest BCUT2D eigenvalue weighted by molar-refractivity contribution is 9.09. The number of sulfonamides is 1. The van der Waals surface area contributed by atoms with Crippen molar-refractivity contribution in [2.45, 2.75) is 18.7 Å². The predicted molar refractivity (Wildman–Crippen MR) is 69.3 cm³/mol. The van der Waals surface area contributed by atoms with E-state index in [-0.39, 0.29) is 10.8 Å². The van der Waals surface area contributed by atoms with Crippen molar-refractivity contribution in [2.24, 2.45) is 5.92 Å². The van der Waals surface area contributed by atoms with Gasteiger partial charge in [-0.05, 0) is 36.6 Å². The predicted octanol–water partition coefficient (Wildman–Crippen LogP) is 2.44. The third kappa shape index (κ3) is 4.04. The summed E-state index contributed by atoms with van der Waals surface area (Å²) in [7, 11) is -3.55. The molecule has 1 rings (SSSR count). The van der Waals surface area contributed by atoms with Crippen molar-refractivity contribution in [1.82, 2.24) is 4.72 Å². The fraction of sp³-hybridized carbons (Fsp3) is 0.455. The second-order valence-electron chi connectivity index (χ2n) is 4.02. The molecule has 0 aromatic heterocycles. The summed E-state index contributed by atoms with van der Waals surface area (Å²) < 4.78 is 39.3. The molecule has 0 fully saturated rings. The van der Waals surface area contributed by atoms with E-state index in [0.717, 1.165) is 11.4 Å². The normalized spacial score (nSPS) is 13.6. The van der Waals surface area contributed by atoms with Gasteiger partial charge in [0, 0.05) is 11.9 Å². The van der Waals surface area contributed by atoms with Crippen LogP contribution in [0.3, 0.4) is 0 Å². The Kier molecular flexibility index (Phi) is 5.09. The molecule has 1 N–H and O–H groups in total. The maximum Gasteiger partial charge on any atom is 0.240 e. The van der Waals surface area contributed by atoms with Crippen molar-refractivity contribution in [3.63, 3.8) is 0 Å². The van der Waals surface area contributed by atoms with Gasteiger partial charge in [0.2, 0.25) is 10.0 Å². The van der Waals surface area contributed by atoms with Crippen LogP contribution in [0.5, 0.6) is 0 Å². The SMILES string of the molecule is Cc1cc(F)ccc1S(=O)(=O)NCC(C)CBr. The highest BCUT2D eigenvalue weighted by Crippen LogP contribution is 2.16. The average Bonchev–Trinajstić information content (AvgIpc) is 2.25. The Morgan fingerprint density at radius 1 is 1.47 bits per heavy atom. The highest BCUT2D eigenvalue weighted by atomic mass is 79.9. The standard InChI is InChI=1S/C11H15BrFNO2S/c1-8(6-12)7-14-17(15,16)11-4-3-10(13)5-9(11)2/h3-5,8,14H,6-7H2,1-2H3. The zero-order valence-electron chi connectivity index (χ0n) is 9.70. The van der Waals surface area contributed by atoms with E-state index >= 15 is 0 Å². The Balaban J connectivity index is 2.90. The van der Waals surface area contributed by atoms with Crippen molar-refractivity contribution >= 4 is 26.0 Å². The largest absolute Gasteiger partial charge is 0.240 e. The van der Waals surface area contributed by atoms with Crippen molar-refractivity contribution < 1.29 is 12.8 Å². The molecule has 0 saturated heterocycles. The molecule has 0 radical (unpaired) electrons. The lowest BCUT2D eigenvalue weighted by Crippen LogP contribution is -2.29. The van der Waals surface area contributed by atoms with Crippen LogP contribution in [0.15, 0.2) is 23.1 Å². The van der Waals surface area contributed by atoms with Crippen LogP contribution in [0.4, 0.5) is 4.39 Å². The van der Waals surface area contributed by atoms with E-state index in [4.69, 9.17) is 0 Å². The van der Waals surface area contributed by atoms with Crippen LogP contribution in [0.25, 0.3) is 0 Å². The molecule has 0 aliphatic heterocycles. The first-order chi connectivity index (χ1) is 7.86. The summed E-state index contributed by atoms with van der Waals surface area (Å²) in [5, 5.41) is 0.720. The smallest absolute Gasteiger partial charge is 0.211 e. The molecule has 3 nitrogen and oxygen atoms in total. The highest BCUT2D eigenvalue weighted by Gasteiger charge is 2.17. The van der Waals surface area contributed by atoms with Crippen molar-refractivity contribution in [3.05, 3.63) is 29.6 Å². The van der Waals surface area contributed by atoms with Gasteiger partial charge in [0.1, 0.15) is 5.82 Å².